The Labute approximate surface area is 193 Å². The van der Waals surface area contributed by atoms with E-state index in [4.69, 9.17) is 14.5 Å². The van der Waals surface area contributed by atoms with Crippen molar-refractivity contribution in [2.75, 3.05) is 20.8 Å². The molecule has 0 saturated carbocycles. The minimum absolute atomic E-state index is 0.0519. The van der Waals surface area contributed by atoms with E-state index >= 15 is 0 Å². The number of amides is 1. The molecule has 0 aliphatic heterocycles. The summed E-state index contributed by atoms with van der Waals surface area (Å²) in [5.41, 5.74) is 2.63. The van der Waals surface area contributed by atoms with E-state index in [1.165, 1.54) is 0 Å². The lowest BCUT2D eigenvalue weighted by atomic mass is 10.2. The number of nitrogens with zero attached hydrogens (tertiary/aromatic N) is 4. The summed E-state index contributed by atoms with van der Waals surface area (Å²) in [5.74, 6) is 2.47. The number of carbonyl (C=O) groups is 1. The Kier molecular flexibility index (Phi) is 7.19. The van der Waals surface area contributed by atoms with Crippen molar-refractivity contribution in [3.63, 3.8) is 0 Å². The normalized spacial score (nSPS) is 10.8. The van der Waals surface area contributed by atoms with Gasteiger partial charge >= 0.3 is 0 Å². The molecule has 0 spiro atoms. The van der Waals surface area contributed by atoms with Gasteiger partial charge in [0.15, 0.2) is 0 Å². The van der Waals surface area contributed by atoms with Crippen LogP contribution in [0.3, 0.4) is 0 Å². The topological polar surface area (TPSA) is 69.5 Å². The Morgan fingerprint density at radius 2 is 1.70 bits per heavy atom. The van der Waals surface area contributed by atoms with Gasteiger partial charge in [0.05, 0.1) is 31.3 Å². The number of unbranched alkanes of at least 4 members (excludes halogenated alkanes) is 1. The number of hydrogen-bond donors (Lipinski definition) is 0. The lowest BCUT2D eigenvalue weighted by molar-refractivity contribution is 0.0780. The molecule has 4 aromatic rings. The maximum Gasteiger partial charge on any atom is 0.254 e. The van der Waals surface area contributed by atoms with Crippen LogP contribution in [0.5, 0.6) is 11.5 Å². The molecular formula is C26H28N4O3. The molecule has 0 aliphatic rings. The second-order valence-electron chi connectivity index (χ2n) is 7.80. The summed E-state index contributed by atoms with van der Waals surface area (Å²) in [4.78, 5) is 23.3. The number of fused-ring (bicyclic) bond motifs is 1. The van der Waals surface area contributed by atoms with Crippen molar-refractivity contribution in [3.8, 4) is 11.5 Å². The average Bonchev–Trinajstić information content (AvgIpc) is 3.21. The van der Waals surface area contributed by atoms with E-state index in [2.05, 4.69) is 15.6 Å². The minimum atomic E-state index is -0.0519. The Bertz CT molecular complexity index is 1190. The van der Waals surface area contributed by atoms with Crippen LogP contribution in [-0.2, 0) is 13.1 Å². The van der Waals surface area contributed by atoms with Gasteiger partial charge in [-0.25, -0.2) is 4.98 Å². The van der Waals surface area contributed by atoms with Gasteiger partial charge in [0.25, 0.3) is 5.91 Å². The summed E-state index contributed by atoms with van der Waals surface area (Å²) in [6, 6.07) is 19.1. The third kappa shape index (κ3) is 5.49. The number of imidazole rings is 1. The Morgan fingerprint density at radius 1 is 0.970 bits per heavy atom. The SMILES string of the molecule is COc1ccc(OCCCCn2c(CN(C)C(=O)c3ccncc3)nc3ccccc32)cc1. The van der Waals surface area contributed by atoms with Gasteiger partial charge in [-0.15, -0.1) is 0 Å². The highest BCUT2D eigenvalue weighted by Gasteiger charge is 2.17. The Hall–Kier alpha value is -3.87. The van der Waals surface area contributed by atoms with E-state index in [1.807, 2.05) is 42.5 Å². The van der Waals surface area contributed by atoms with Crippen molar-refractivity contribution in [2.45, 2.75) is 25.9 Å². The fourth-order valence-electron chi connectivity index (χ4n) is 3.73. The maximum absolute atomic E-state index is 12.8. The molecule has 0 unspecified atom stereocenters. The van der Waals surface area contributed by atoms with Crippen LogP contribution in [0.15, 0.2) is 73.1 Å². The molecule has 7 heteroatoms. The molecule has 0 fully saturated rings. The maximum atomic E-state index is 12.8. The molecule has 0 radical (unpaired) electrons. The van der Waals surface area contributed by atoms with Gasteiger partial charge in [0, 0.05) is 31.5 Å². The highest BCUT2D eigenvalue weighted by Crippen LogP contribution is 2.20. The third-order valence-corrected chi connectivity index (χ3v) is 5.49. The van der Waals surface area contributed by atoms with E-state index in [1.54, 1.807) is 43.6 Å². The van der Waals surface area contributed by atoms with Gasteiger partial charge in [-0.3, -0.25) is 9.78 Å². The summed E-state index contributed by atoms with van der Waals surface area (Å²) in [6.07, 6.45) is 5.10. The van der Waals surface area contributed by atoms with Crippen molar-refractivity contribution < 1.29 is 14.3 Å². The van der Waals surface area contributed by atoms with Crippen LogP contribution < -0.4 is 9.47 Å². The second kappa shape index (κ2) is 10.6. The van der Waals surface area contributed by atoms with Crippen molar-refractivity contribution in [2.24, 2.45) is 0 Å². The van der Waals surface area contributed by atoms with E-state index in [9.17, 15) is 4.79 Å². The second-order valence-corrected chi connectivity index (χ2v) is 7.80. The molecular weight excluding hydrogens is 416 g/mol. The van der Waals surface area contributed by atoms with Gasteiger partial charge in [0.1, 0.15) is 17.3 Å². The van der Waals surface area contributed by atoms with Gasteiger partial charge in [-0.1, -0.05) is 12.1 Å². The molecule has 2 aromatic carbocycles. The summed E-state index contributed by atoms with van der Waals surface area (Å²) in [5, 5.41) is 0. The van der Waals surface area contributed by atoms with Crippen LogP contribution >= 0.6 is 0 Å². The fraction of sp³-hybridized carbons (Fsp3) is 0.269. The number of benzene rings is 2. The molecule has 0 bridgehead atoms. The summed E-state index contributed by atoms with van der Waals surface area (Å²) in [7, 11) is 3.45. The molecule has 33 heavy (non-hydrogen) atoms. The largest absolute Gasteiger partial charge is 0.497 e. The fourth-order valence-corrected chi connectivity index (χ4v) is 3.73. The highest BCUT2D eigenvalue weighted by atomic mass is 16.5. The number of ether oxygens (including phenoxy) is 2. The molecule has 2 aromatic heterocycles. The monoisotopic (exact) mass is 444 g/mol. The number of rotatable bonds is 10. The number of aryl methyl sites for hydroxylation is 1. The number of aromatic nitrogens is 3. The molecule has 1 amide bonds. The van der Waals surface area contributed by atoms with Crippen molar-refractivity contribution in [1.82, 2.24) is 19.4 Å². The van der Waals surface area contributed by atoms with Gasteiger partial charge in [0.2, 0.25) is 0 Å². The zero-order valence-corrected chi connectivity index (χ0v) is 19.0. The van der Waals surface area contributed by atoms with E-state index < -0.39 is 0 Å². The van der Waals surface area contributed by atoms with E-state index in [0.717, 1.165) is 47.7 Å². The first-order chi connectivity index (χ1) is 16.2. The van der Waals surface area contributed by atoms with Gasteiger partial charge in [-0.05, 0) is 61.4 Å². The van der Waals surface area contributed by atoms with Crippen LogP contribution in [-0.4, -0.2) is 46.1 Å². The number of pyridine rings is 1. The van der Waals surface area contributed by atoms with Crippen molar-refractivity contribution >= 4 is 16.9 Å². The summed E-state index contributed by atoms with van der Waals surface area (Å²) in [6.45, 7) is 1.87. The van der Waals surface area contributed by atoms with Gasteiger partial charge in [-0.2, -0.15) is 0 Å². The first-order valence-electron chi connectivity index (χ1n) is 11.0. The van der Waals surface area contributed by atoms with E-state index in [0.29, 0.717) is 18.7 Å². The third-order valence-electron chi connectivity index (χ3n) is 5.49. The Morgan fingerprint density at radius 3 is 2.45 bits per heavy atom. The lowest BCUT2D eigenvalue weighted by Gasteiger charge is -2.18. The molecule has 0 saturated heterocycles. The standard InChI is InChI=1S/C26H28N4O3/c1-29(26(31)20-13-15-27-16-14-20)19-25-28-23-7-3-4-8-24(23)30(25)17-5-6-18-33-22-11-9-21(32-2)10-12-22/h3-4,7-16H,5-6,17-19H2,1-2H3. The van der Waals surface area contributed by atoms with E-state index in [-0.39, 0.29) is 5.91 Å². The van der Waals surface area contributed by atoms with Crippen LogP contribution in [0.1, 0.15) is 29.0 Å². The summed E-state index contributed by atoms with van der Waals surface area (Å²) < 4.78 is 13.2. The number of hydrogen-bond acceptors (Lipinski definition) is 5. The molecule has 170 valence electrons. The first-order valence-corrected chi connectivity index (χ1v) is 11.0. The molecule has 0 N–H and O–H groups in total. The van der Waals surface area contributed by atoms with Gasteiger partial charge < -0.3 is 18.9 Å². The van der Waals surface area contributed by atoms with Crippen LogP contribution in [0, 0.1) is 0 Å². The number of methoxy groups -OCH3 is 1. The van der Waals surface area contributed by atoms with Crippen molar-refractivity contribution in [1.29, 1.82) is 0 Å². The first kappa shape index (κ1) is 22.3. The molecule has 0 atom stereocenters. The number of para-hydroxylation sites is 2. The molecule has 0 aliphatic carbocycles. The van der Waals surface area contributed by atoms with Crippen LogP contribution in [0.25, 0.3) is 11.0 Å². The zero-order chi connectivity index (χ0) is 23.0. The summed E-state index contributed by atoms with van der Waals surface area (Å²) >= 11 is 0. The quantitative estimate of drug-likeness (QED) is 0.335. The van der Waals surface area contributed by atoms with Crippen molar-refractivity contribution in [3.05, 3.63) is 84.4 Å². The lowest BCUT2D eigenvalue weighted by Crippen LogP contribution is -2.27. The van der Waals surface area contributed by atoms with Crippen LogP contribution in [0.4, 0.5) is 0 Å². The Balaban J connectivity index is 1.39. The highest BCUT2D eigenvalue weighted by molar-refractivity contribution is 5.93. The molecule has 4 rings (SSSR count). The smallest absolute Gasteiger partial charge is 0.254 e. The number of carbonyl (C=O) groups excluding carboxylic acids is 1. The predicted molar refractivity (Wildman–Crippen MR) is 127 cm³/mol. The average molecular weight is 445 g/mol. The van der Waals surface area contributed by atoms with Crippen LogP contribution in [0.2, 0.25) is 0 Å². The molecule has 2 heterocycles. The zero-order valence-electron chi connectivity index (χ0n) is 19.0. The predicted octanol–water partition coefficient (Wildman–Crippen LogP) is 4.57. The molecule has 7 nitrogen and oxygen atoms in total. The minimum Gasteiger partial charge on any atom is -0.497 e.